The zero-order valence-electron chi connectivity index (χ0n) is 20.2. The predicted octanol–water partition coefficient (Wildman–Crippen LogP) is 5.07. The second-order valence-electron chi connectivity index (χ2n) is 8.99. The molecule has 0 aromatic heterocycles. The molecule has 33 heavy (non-hydrogen) atoms. The van der Waals surface area contributed by atoms with Crippen molar-refractivity contribution in [2.75, 3.05) is 32.2 Å². The number of carbonyl (C=O) groups is 2. The van der Waals surface area contributed by atoms with E-state index in [9.17, 15) is 9.59 Å². The van der Waals surface area contributed by atoms with E-state index in [1.807, 2.05) is 48.5 Å². The molecule has 1 aliphatic heterocycles. The zero-order chi connectivity index (χ0) is 24.0. The fourth-order valence-corrected chi connectivity index (χ4v) is 3.61. The maximum absolute atomic E-state index is 13.3. The van der Waals surface area contributed by atoms with E-state index in [1.54, 1.807) is 7.11 Å². The van der Waals surface area contributed by atoms with Crippen LogP contribution in [0.15, 0.2) is 54.2 Å². The number of nitrogens with zero attached hydrogens (tertiary/aromatic N) is 1. The summed E-state index contributed by atoms with van der Waals surface area (Å²) in [6.07, 6.45) is 0.583. The van der Waals surface area contributed by atoms with Crippen LogP contribution in [0.25, 0.3) is 5.57 Å². The number of amides is 2. The third-order valence-electron chi connectivity index (χ3n) is 5.47. The van der Waals surface area contributed by atoms with Crippen LogP contribution in [-0.4, -0.2) is 43.6 Å². The van der Waals surface area contributed by atoms with Gasteiger partial charge in [0.25, 0.3) is 11.8 Å². The molecular weight excluding hydrogens is 416 g/mol. The van der Waals surface area contributed by atoms with E-state index in [0.29, 0.717) is 54.8 Å². The molecule has 0 fully saturated rings. The second-order valence-corrected chi connectivity index (χ2v) is 8.99. The summed E-state index contributed by atoms with van der Waals surface area (Å²) >= 11 is 0. The lowest BCUT2D eigenvalue weighted by molar-refractivity contribution is -0.136. The molecule has 6 nitrogen and oxygen atoms in total. The lowest BCUT2D eigenvalue weighted by Gasteiger charge is -2.15. The van der Waals surface area contributed by atoms with Crippen LogP contribution in [-0.2, 0) is 14.3 Å². The van der Waals surface area contributed by atoms with Crippen molar-refractivity contribution in [3.05, 3.63) is 65.4 Å². The molecule has 0 saturated heterocycles. The normalized spacial score (nSPS) is 14.1. The summed E-state index contributed by atoms with van der Waals surface area (Å²) in [5, 5.41) is 3.22. The molecule has 1 heterocycles. The van der Waals surface area contributed by atoms with Gasteiger partial charge >= 0.3 is 0 Å². The molecule has 176 valence electrons. The molecular formula is C27H34N2O4. The van der Waals surface area contributed by atoms with Gasteiger partial charge in [0, 0.05) is 25.9 Å². The minimum atomic E-state index is -0.320. The van der Waals surface area contributed by atoms with Gasteiger partial charge in [-0.15, -0.1) is 0 Å². The van der Waals surface area contributed by atoms with E-state index in [1.165, 1.54) is 10.5 Å². The van der Waals surface area contributed by atoms with E-state index in [2.05, 4.69) is 33.0 Å². The first-order valence-corrected chi connectivity index (χ1v) is 11.5. The van der Waals surface area contributed by atoms with E-state index in [-0.39, 0.29) is 11.8 Å². The average molecular weight is 451 g/mol. The highest BCUT2D eigenvalue weighted by Crippen LogP contribution is 2.32. The van der Waals surface area contributed by atoms with E-state index in [0.717, 1.165) is 11.4 Å². The molecule has 2 aromatic rings. The molecule has 2 aromatic carbocycles. The lowest BCUT2D eigenvalue weighted by Crippen LogP contribution is -2.33. The molecule has 3 rings (SSSR count). The van der Waals surface area contributed by atoms with Gasteiger partial charge < -0.3 is 14.8 Å². The number of carbonyl (C=O) groups excluding carboxylic acids is 2. The fraction of sp³-hybridized carbons (Fsp3) is 0.407. The molecule has 0 bridgehead atoms. The third kappa shape index (κ3) is 6.02. The summed E-state index contributed by atoms with van der Waals surface area (Å²) in [5.41, 5.74) is 3.33. The number of hydrogen-bond donors (Lipinski definition) is 1. The van der Waals surface area contributed by atoms with Crippen LogP contribution in [0.3, 0.4) is 0 Å². The topological polar surface area (TPSA) is 67.9 Å². The van der Waals surface area contributed by atoms with Crippen molar-refractivity contribution in [1.82, 2.24) is 4.90 Å². The predicted molar refractivity (Wildman–Crippen MR) is 131 cm³/mol. The lowest BCUT2D eigenvalue weighted by atomic mass is 10.0. The van der Waals surface area contributed by atoms with Crippen LogP contribution in [0.4, 0.5) is 5.69 Å². The number of anilines is 1. The Morgan fingerprint density at radius 2 is 1.58 bits per heavy atom. The Bertz CT molecular complexity index is 992. The van der Waals surface area contributed by atoms with Gasteiger partial charge in [-0.05, 0) is 53.6 Å². The average Bonchev–Trinajstić information content (AvgIpc) is 3.02. The van der Waals surface area contributed by atoms with Gasteiger partial charge in [0.2, 0.25) is 0 Å². The fourth-order valence-electron chi connectivity index (χ4n) is 3.61. The van der Waals surface area contributed by atoms with Crippen molar-refractivity contribution in [2.45, 2.75) is 40.0 Å². The first-order valence-electron chi connectivity index (χ1n) is 11.5. The quantitative estimate of drug-likeness (QED) is 0.382. The first-order chi connectivity index (χ1) is 15.8. The van der Waals surface area contributed by atoms with Crippen LogP contribution >= 0.6 is 0 Å². The molecule has 0 radical (unpaired) electrons. The third-order valence-corrected chi connectivity index (χ3v) is 5.47. The Hall–Kier alpha value is -3.12. The summed E-state index contributed by atoms with van der Waals surface area (Å²) in [6.45, 7) is 9.85. The summed E-state index contributed by atoms with van der Waals surface area (Å²) in [6, 6.07) is 15.3. The number of ether oxygens (including phenoxy) is 2. The van der Waals surface area contributed by atoms with Crippen molar-refractivity contribution in [3.63, 3.8) is 0 Å². The molecule has 2 amide bonds. The first kappa shape index (κ1) is 24.5. The Kier molecular flexibility index (Phi) is 8.28. The molecule has 0 spiro atoms. The Morgan fingerprint density at radius 3 is 2.15 bits per heavy atom. The molecule has 0 saturated carbocycles. The summed E-state index contributed by atoms with van der Waals surface area (Å²) in [5.74, 6) is 0.948. The molecule has 1 N–H and O–H groups in total. The largest absolute Gasteiger partial charge is 0.493 e. The Labute approximate surface area is 196 Å². The van der Waals surface area contributed by atoms with Gasteiger partial charge in [0.15, 0.2) is 0 Å². The van der Waals surface area contributed by atoms with E-state index >= 15 is 0 Å². The van der Waals surface area contributed by atoms with Crippen molar-refractivity contribution in [2.24, 2.45) is 5.92 Å². The van der Waals surface area contributed by atoms with E-state index < -0.39 is 0 Å². The van der Waals surface area contributed by atoms with Crippen LogP contribution in [0.2, 0.25) is 0 Å². The molecule has 0 aliphatic carbocycles. The smallest absolute Gasteiger partial charge is 0.278 e. The number of rotatable bonds is 11. The van der Waals surface area contributed by atoms with Gasteiger partial charge in [0.05, 0.1) is 12.2 Å². The molecule has 6 heteroatoms. The number of nitrogens with one attached hydrogen (secondary N) is 1. The van der Waals surface area contributed by atoms with Crippen molar-refractivity contribution < 1.29 is 19.1 Å². The second kappa shape index (κ2) is 11.1. The molecule has 0 unspecified atom stereocenters. The van der Waals surface area contributed by atoms with Gasteiger partial charge in [-0.1, -0.05) is 52.0 Å². The maximum atomic E-state index is 13.3. The monoisotopic (exact) mass is 450 g/mol. The SMILES string of the molecule is COCCCN1C(=O)C(Nc2ccc(C(C)C)cc2)=C(c2ccc(OCC(C)C)cc2)C1=O. The van der Waals surface area contributed by atoms with Crippen molar-refractivity contribution in [3.8, 4) is 5.75 Å². The Balaban J connectivity index is 1.91. The standard InChI is InChI=1S/C27H34N2O4/c1-18(2)17-33-23-13-9-21(10-14-23)24-25(27(31)29(26(24)30)15-6-16-32-5)28-22-11-7-20(8-12-22)19(3)4/h7-14,18-19,28H,6,15-17H2,1-5H3. The van der Waals surface area contributed by atoms with Crippen LogP contribution in [0, 0.1) is 5.92 Å². The van der Waals surface area contributed by atoms with Crippen LogP contribution < -0.4 is 10.1 Å². The van der Waals surface area contributed by atoms with Gasteiger partial charge in [-0.2, -0.15) is 0 Å². The number of benzene rings is 2. The van der Waals surface area contributed by atoms with Crippen LogP contribution in [0.1, 0.15) is 51.2 Å². The highest BCUT2D eigenvalue weighted by Gasteiger charge is 2.38. The highest BCUT2D eigenvalue weighted by molar-refractivity contribution is 6.36. The Morgan fingerprint density at radius 1 is 0.909 bits per heavy atom. The minimum Gasteiger partial charge on any atom is -0.493 e. The summed E-state index contributed by atoms with van der Waals surface area (Å²) < 4.78 is 10.9. The zero-order valence-corrected chi connectivity index (χ0v) is 20.2. The van der Waals surface area contributed by atoms with Gasteiger partial charge in [0.1, 0.15) is 11.4 Å². The molecule has 1 aliphatic rings. The minimum absolute atomic E-state index is 0.297. The highest BCUT2D eigenvalue weighted by atomic mass is 16.5. The molecule has 0 atom stereocenters. The number of methoxy groups -OCH3 is 1. The number of imide groups is 1. The summed E-state index contributed by atoms with van der Waals surface area (Å²) in [7, 11) is 1.61. The maximum Gasteiger partial charge on any atom is 0.278 e. The van der Waals surface area contributed by atoms with Crippen molar-refractivity contribution in [1.29, 1.82) is 0 Å². The van der Waals surface area contributed by atoms with E-state index in [4.69, 9.17) is 9.47 Å². The number of hydrogen-bond acceptors (Lipinski definition) is 5. The van der Waals surface area contributed by atoms with Gasteiger partial charge in [-0.25, -0.2) is 0 Å². The van der Waals surface area contributed by atoms with Crippen molar-refractivity contribution >= 4 is 23.1 Å². The van der Waals surface area contributed by atoms with Gasteiger partial charge in [-0.3, -0.25) is 14.5 Å². The summed E-state index contributed by atoms with van der Waals surface area (Å²) in [4.78, 5) is 27.8. The van der Waals surface area contributed by atoms with Crippen LogP contribution in [0.5, 0.6) is 5.75 Å².